The highest BCUT2D eigenvalue weighted by Gasteiger charge is 2.19. The predicted octanol–water partition coefficient (Wildman–Crippen LogP) is 4.56. The Kier molecular flexibility index (Phi) is 4.57. The van der Waals surface area contributed by atoms with Crippen molar-refractivity contribution in [1.29, 1.82) is 0 Å². The molecule has 1 aromatic rings. The van der Waals surface area contributed by atoms with Crippen LogP contribution >= 0.6 is 15.9 Å². The molecule has 1 saturated carbocycles. The normalized spacial score (nSPS) is 18.5. The van der Waals surface area contributed by atoms with Crippen molar-refractivity contribution in [2.45, 2.75) is 44.6 Å². The molecule has 2 rings (SSSR count). The number of hydrogen-bond donors (Lipinski definition) is 1. The van der Waals surface area contributed by atoms with E-state index in [1.807, 2.05) is 6.07 Å². The maximum absolute atomic E-state index is 13.7. The van der Waals surface area contributed by atoms with E-state index in [4.69, 9.17) is 5.73 Å². The van der Waals surface area contributed by atoms with Gasteiger partial charge in [-0.1, -0.05) is 47.7 Å². The lowest BCUT2D eigenvalue weighted by Gasteiger charge is -2.17. The van der Waals surface area contributed by atoms with Gasteiger partial charge in [-0.15, -0.1) is 0 Å². The minimum Gasteiger partial charge on any atom is -0.324 e. The van der Waals surface area contributed by atoms with E-state index in [0.717, 1.165) is 23.2 Å². The van der Waals surface area contributed by atoms with Gasteiger partial charge in [-0.05, 0) is 30.9 Å². The minimum absolute atomic E-state index is 0.189. The van der Waals surface area contributed by atoms with Gasteiger partial charge >= 0.3 is 0 Å². The minimum atomic E-state index is -0.196. The predicted molar refractivity (Wildman–Crippen MR) is 72.2 cm³/mol. The molecule has 0 spiro atoms. The summed E-state index contributed by atoms with van der Waals surface area (Å²) < 4.78 is 14.5. The molecule has 1 nitrogen and oxygen atoms in total. The molecule has 1 unspecified atom stereocenters. The van der Waals surface area contributed by atoms with E-state index >= 15 is 0 Å². The van der Waals surface area contributed by atoms with Crippen LogP contribution in [0.5, 0.6) is 0 Å². The number of rotatable bonds is 4. The van der Waals surface area contributed by atoms with Gasteiger partial charge in [0.05, 0.1) is 0 Å². The monoisotopic (exact) mass is 299 g/mol. The van der Waals surface area contributed by atoms with Crippen molar-refractivity contribution in [3.63, 3.8) is 0 Å². The van der Waals surface area contributed by atoms with E-state index in [-0.39, 0.29) is 11.9 Å². The smallest absolute Gasteiger partial charge is 0.129 e. The molecule has 1 aliphatic carbocycles. The van der Waals surface area contributed by atoms with Crippen molar-refractivity contribution in [2.75, 3.05) is 0 Å². The Morgan fingerprint density at radius 1 is 1.35 bits per heavy atom. The number of benzene rings is 1. The van der Waals surface area contributed by atoms with Crippen LogP contribution in [-0.4, -0.2) is 0 Å². The fourth-order valence-corrected chi connectivity index (χ4v) is 3.36. The fourth-order valence-electron chi connectivity index (χ4n) is 2.72. The summed E-state index contributed by atoms with van der Waals surface area (Å²) in [5.74, 6) is 0.616. The average Bonchev–Trinajstić information content (AvgIpc) is 2.79. The molecule has 0 saturated heterocycles. The van der Waals surface area contributed by atoms with E-state index in [1.165, 1.54) is 31.7 Å². The van der Waals surface area contributed by atoms with Gasteiger partial charge in [-0.25, -0.2) is 4.39 Å². The molecule has 0 radical (unpaired) electrons. The van der Waals surface area contributed by atoms with Crippen LogP contribution in [0, 0.1) is 11.7 Å². The van der Waals surface area contributed by atoms with Crippen LogP contribution in [0.25, 0.3) is 0 Å². The van der Waals surface area contributed by atoms with Crippen LogP contribution in [0.15, 0.2) is 22.7 Å². The Bertz CT molecular complexity index is 354. The quantitative estimate of drug-likeness (QED) is 0.866. The third-order valence-corrected chi connectivity index (χ3v) is 4.42. The van der Waals surface area contributed by atoms with Crippen molar-refractivity contribution in [1.82, 2.24) is 0 Å². The third kappa shape index (κ3) is 3.29. The Hall–Kier alpha value is -0.410. The van der Waals surface area contributed by atoms with Gasteiger partial charge in [0.1, 0.15) is 5.82 Å². The third-order valence-electron chi connectivity index (χ3n) is 3.73. The molecule has 0 aromatic heterocycles. The lowest BCUT2D eigenvalue weighted by atomic mass is 9.95. The summed E-state index contributed by atoms with van der Waals surface area (Å²) >= 11 is 3.38. The first-order chi connectivity index (χ1) is 8.18. The topological polar surface area (TPSA) is 26.0 Å². The Morgan fingerprint density at radius 2 is 2.06 bits per heavy atom. The molecule has 1 atom stereocenters. The van der Waals surface area contributed by atoms with Crippen molar-refractivity contribution < 1.29 is 4.39 Å². The summed E-state index contributed by atoms with van der Waals surface area (Å²) in [6.07, 6.45) is 7.36. The van der Waals surface area contributed by atoms with Gasteiger partial charge in [-0.2, -0.15) is 0 Å². The SMILES string of the molecule is NC(CCC1CCCC1)c1c(F)cccc1Br. The standard InChI is InChI=1S/C14H19BrFN/c15-11-6-3-7-12(16)14(11)13(17)9-8-10-4-1-2-5-10/h3,6-7,10,13H,1-2,4-5,8-9,17H2. The Balaban J connectivity index is 1.96. The van der Waals surface area contributed by atoms with Crippen LogP contribution in [0.3, 0.4) is 0 Å². The second kappa shape index (κ2) is 5.96. The molecule has 17 heavy (non-hydrogen) atoms. The Morgan fingerprint density at radius 3 is 2.71 bits per heavy atom. The first-order valence-corrected chi connectivity index (χ1v) is 7.17. The molecule has 1 aromatic carbocycles. The van der Waals surface area contributed by atoms with Crippen LogP contribution in [0.2, 0.25) is 0 Å². The lowest BCUT2D eigenvalue weighted by Crippen LogP contribution is -2.14. The van der Waals surface area contributed by atoms with Gasteiger partial charge in [0.25, 0.3) is 0 Å². The van der Waals surface area contributed by atoms with Crippen LogP contribution in [-0.2, 0) is 0 Å². The van der Waals surface area contributed by atoms with Crippen LogP contribution in [0.4, 0.5) is 4.39 Å². The van der Waals surface area contributed by atoms with Crippen molar-refractivity contribution >= 4 is 15.9 Å². The van der Waals surface area contributed by atoms with E-state index in [0.29, 0.717) is 5.56 Å². The zero-order chi connectivity index (χ0) is 12.3. The maximum atomic E-state index is 13.7. The van der Waals surface area contributed by atoms with E-state index < -0.39 is 0 Å². The second-order valence-corrected chi connectivity index (χ2v) is 5.82. The molecule has 1 fully saturated rings. The second-order valence-electron chi connectivity index (χ2n) is 4.97. The van der Waals surface area contributed by atoms with Crippen molar-refractivity contribution in [3.8, 4) is 0 Å². The summed E-state index contributed by atoms with van der Waals surface area (Å²) in [7, 11) is 0. The van der Waals surface area contributed by atoms with Gasteiger partial charge in [-0.3, -0.25) is 0 Å². The van der Waals surface area contributed by atoms with Crippen LogP contribution in [0.1, 0.15) is 50.1 Å². The molecule has 0 bridgehead atoms. The highest BCUT2D eigenvalue weighted by Crippen LogP contribution is 2.33. The highest BCUT2D eigenvalue weighted by atomic mass is 79.9. The van der Waals surface area contributed by atoms with Gasteiger partial charge < -0.3 is 5.73 Å². The first kappa shape index (κ1) is 13.0. The summed E-state index contributed by atoms with van der Waals surface area (Å²) in [6, 6.07) is 4.85. The number of nitrogens with two attached hydrogens (primary N) is 1. The molecule has 0 amide bonds. The van der Waals surface area contributed by atoms with Gasteiger partial charge in [0.2, 0.25) is 0 Å². The molecule has 0 heterocycles. The first-order valence-electron chi connectivity index (χ1n) is 6.38. The zero-order valence-electron chi connectivity index (χ0n) is 9.96. The highest BCUT2D eigenvalue weighted by molar-refractivity contribution is 9.10. The largest absolute Gasteiger partial charge is 0.324 e. The van der Waals surface area contributed by atoms with E-state index in [1.54, 1.807) is 6.07 Å². The van der Waals surface area contributed by atoms with E-state index in [9.17, 15) is 4.39 Å². The van der Waals surface area contributed by atoms with Gasteiger partial charge in [0.15, 0.2) is 0 Å². The van der Waals surface area contributed by atoms with E-state index in [2.05, 4.69) is 15.9 Å². The Labute approximate surface area is 111 Å². The average molecular weight is 300 g/mol. The summed E-state index contributed by atoms with van der Waals surface area (Å²) in [5, 5.41) is 0. The van der Waals surface area contributed by atoms with Crippen LogP contribution < -0.4 is 5.73 Å². The molecular formula is C14H19BrFN. The molecule has 0 aliphatic heterocycles. The molecule has 2 N–H and O–H groups in total. The van der Waals surface area contributed by atoms with Gasteiger partial charge in [0, 0.05) is 16.1 Å². The van der Waals surface area contributed by atoms with Crippen molar-refractivity contribution in [2.24, 2.45) is 11.7 Å². The molecule has 3 heteroatoms. The lowest BCUT2D eigenvalue weighted by molar-refractivity contribution is 0.446. The molecule has 94 valence electrons. The zero-order valence-corrected chi connectivity index (χ0v) is 11.5. The maximum Gasteiger partial charge on any atom is 0.129 e. The number of halogens is 2. The summed E-state index contributed by atoms with van der Waals surface area (Å²) in [4.78, 5) is 0. The van der Waals surface area contributed by atoms with Crippen molar-refractivity contribution in [3.05, 3.63) is 34.1 Å². The molecule has 1 aliphatic rings. The molecular weight excluding hydrogens is 281 g/mol. The number of hydrogen-bond acceptors (Lipinski definition) is 1. The summed E-state index contributed by atoms with van der Waals surface area (Å²) in [6.45, 7) is 0. The summed E-state index contributed by atoms with van der Waals surface area (Å²) in [5.41, 5.74) is 6.73. The fraction of sp³-hybridized carbons (Fsp3) is 0.571.